The predicted molar refractivity (Wildman–Crippen MR) is 91.0 cm³/mol. The first kappa shape index (κ1) is 15.1. The molecule has 1 saturated carbocycles. The van der Waals surface area contributed by atoms with Crippen molar-refractivity contribution in [1.82, 2.24) is 9.78 Å². The van der Waals surface area contributed by atoms with E-state index in [4.69, 9.17) is 16.7 Å². The number of nitrogens with zero attached hydrogens (tertiary/aromatic N) is 2. The van der Waals surface area contributed by atoms with E-state index in [1.54, 1.807) is 0 Å². The Balaban J connectivity index is 1.74. The Morgan fingerprint density at radius 2 is 2.00 bits per heavy atom. The number of rotatable bonds is 5. The van der Waals surface area contributed by atoms with Crippen molar-refractivity contribution in [2.45, 2.75) is 44.1 Å². The fourth-order valence-electron chi connectivity index (χ4n) is 3.16. The van der Waals surface area contributed by atoms with Crippen LogP contribution in [0.2, 0.25) is 0 Å². The van der Waals surface area contributed by atoms with E-state index >= 15 is 0 Å². The first-order valence-corrected chi connectivity index (χ1v) is 8.95. The average Bonchev–Trinajstić information content (AvgIpc) is 3.16. The summed E-state index contributed by atoms with van der Waals surface area (Å²) < 4.78 is 3.29. The van der Waals surface area contributed by atoms with Crippen LogP contribution >= 0.6 is 27.5 Å². The summed E-state index contributed by atoms with van der Waals surface area (Å²) in [6.45, 7) is 0. The lowest BCUT2D eigenvalue weighted by molar-refractivity contribution is 0.461. The third-order valence-corrected chi connectivity index (χ3v) is 5.44. The van der Waals surface area contributed by atoms with Gasteiger partial charge in [-0.2, -0.15) is 5.10 Å². The molecule has 2 aromatic rings. The second kappa shape index (κ2) is 6.97. The maximum Gasteiger partial charge on any atom is 0.0631 e. The van der Waals surface area contributed by atoms with Gasteiger partial charge in [-0.3, -0.25) is 4.68 Å². The molecule has 112 valence electrons. The molecule has 0 N–H and O–H groups in total. The van der Waals surface area contributed by atoms with Gasteiger partial charge in [0, 0.05) is 22.5 Å². The molecule has 1 unspecified atom stereocenters. The molecule has 2 nitrogen and oxygen atoms in total. The summed E-state index contributed by atoms with van der Waals surface area (Å²) in [5.74, 6) is 0.910. The standard InChI is InChI=1S/C17H20BrClN2/c18-17-8-4-3-7-16(17)13(12-19)11-14-9-10-21(20-14)15-5-1-2-6-15/h3-4,7-10,13,15H,1-2,5-6,11-12H2. The molecule has 0 spiro atoms. The molecular formula is C17H20BrClN2. The normalized spacial score (nSPS) is 17.2. The van der Waals surface area contributed by atoms with Crippen molar-refractivity contribution in [3.05, 3.63) is 52.3 Å². The SMILES string of the molecule is ClCC(Cc1ccn(C2CCCC2)n1)c1ccccc1Br. The Morgan fingerprint density at radius 3 is 2.71 bits per heavy atom. The smallest absolute Gasteiger partial charge is 0.0631 e. The van der Waals surface area contributed by atoms with Gasteiger partial charge in [-0.1, -0.05) is 47.0 Å². The summed E-state index contributed by atoms with van der Waals surface area (Å²) in [6, 6.07) is 11.1. The van der Waals surface area contributed by atoms with Crippen LogP contribution in [-0.2, 0) is 6.42 Å². The van der Waals surface area contributed by atoms with Crippen LogP contribution in [0.15, 0.2) is 41.0 Å². The van der Waals surface area contributed by atoms with Crippen molar-refractivity contribution in [3.8, 4) is 0 Å². The molecule has 0 radical (unpaired) electrons. The van der Waals surface area contributed by atoms with E-state index in [0.717, 1.165) is 16.6 Å². The van der Waals surface area contributed by atoms with Crippen molar-refractivity contribution in [3.63, 3.8) is 0 Å². The van der Waals surface area contributed by atoms with E-state index in [2.05, 4.69) is 51.1 Å². The van der Waals surface area contributed by atoms with Gasteiger partial charge in [0.25, 0.3) is 0 Å². The van der Waals surface area contributed by atoms with Crippen LogP contribution in [-0.4, -0.2) is 15.7 Å². The monoisotopic (exact) mass is 366 g/mol. The minimum atomic E-state index is 0.300. The highest BCUT2D eigenvalue weighted by Crippen LogP contribution is 2.31. The highest BCUT2D eigenvalue weighted by Gasteiger charge is 2.19. The lowest BCUT2D eigenvalue weighted by Crippen LogP contribution is -2.09. The summed E-state index contributed by atoms with van der Waals surface area (Å²) >= 11 is 9.83. The first-order valence-electron chi connectivity index (χ1n) is 7.62. The van der Waals surface area contributed by atoms with Gasteiger partial charge in [0.1, 0.15) is 0 Å². The number of aromatic nitrogens is 2. The van der Waals surface area contributed by atoms with Gasteiger partial charge in [0.05, 0.1) is 11.7 Å². The molecule has 1 aromatic heterocycles. The largest absolute Gasteiger partial charge is 0.269 e. The van der Waals surface area contributed by atoms with Crippen LogP contribution < -0.4 is 0 Å². The molecule has 1 aliphatic carbocycles. The third-order valence-electron chi connectivity index (χ3n) is 4.35. The summed E-state index contributed by atoms with van der Waals surface area (Å²) in [6.07, 6.45) is 8.24. The Kier molecular flexibility index (Phi) is 5.02. The maximum atomic E-state index is 6.20. The molecule has 0 bridgehead atoms. The van der Waals surface area contributed by atoms with Crippen LogP contribution in [0.25, 0.3) is 0 Å². The second-order valence-electron chi connectivity index (χ2n) is 5.80. The van der Waals surface area contributed by atoms with Crippen molar-refractivity contribution in [2.75, 3.05) is 5.88 Å². The van der Waals surface area contributed by atoms with Crippen molar-refractivity contribution in [2.24, 2.45) is 0 Å². The fraction of sp³-hybridized carbons (Fsp3) is 0.471. The third kappa shape index (κ3) is 3.51. The van der Waals surface area contributed by atoms with Gasteiger partial charge >= 0.3 is 0 Å². The molecule has 4 heteroatoms. The molecule has 0 aliphatic heterocycles. The lowest BCUT2D eigenvalue weighted by Gasteiger charge is -2.15. The van der Waals surface area contributed by atoms with E-state index in [9.17, 15) is 0 Å². The Hall–Kier alpha value is -0.800. The van der Waals surface area contributed by atoms with Crippen LogP contribution in [0.4, 0.5) is 0 Å². The van der Waals surface area contributed by atoms with Crippen LogP contribution in [0.3, 0.4) is 0 Å². The molecular weight excluding hydrogens is 348 g/mol. The van der Waals surface area contributed by atoms with Crippen LogP contribution in [0.1, 0.15) is 48.9 Å². The Bertz CT molecular complexity index is 590. The molecule has 3 rings (SSSR count). The summed E-state index contributed by atoms with van der Waals surface area (Å²) in [7, 11) is 0. The van der Waals surface area contributed by atoms with Gasteiger partial charge in [0.2, 0.25) is 0 Å². The van der Waals surface area contributed by atoms with E-state index in [1.807, 2.05) is 6.07 Å². The molecule has 1 atom stereocenters. The zero-order valence-corrected chi connectivity index (χ0v) is 14.4. The van der Waals surface area contributed by atoms with Crippen molar-refractivity contribution in [1.29, 1.82) is 0 Å². The zero-order chi connectivity index (χ0) is 14.7. The highest BCUT2D eigenvalue weighted by atomic mass is 79.9. The lowest BCUT2D eigenvalue weighted by atomic mass is 9.96. The molecule has 1 aromatic carbocycles. The summed E-state index contributed by atoms with van der Waals surface area (Å²) in [4.78, 5) is 0. The number of halogens is 2. The van der Waals surface area contributed by atoms with Gasteiger partial charge in [-0.25, -0.2) is 0 Å². The number of benzene rings is 1. The quantitative estimate of drug-likeness (QED) is 0.653. The minimum Gasteiger partial charge on any atom is -0.269 e. The molecule has 0 saturated heterocycles. The molecule has 0 amide bonds. The van der Waals surface area contributed by atoms with Crippen molar-refractivity contribution < 1.29 is 0 Å². The molecule has 21 heavy (non-hydrogen) atoms. The molecule has 1 heterocycles. The highest BCUT2D eigenvalue weighted by molar-refractivity contribution is 9.10. The Labute approximate surface area is 139 Å². The van der Waals surface area contributed by atoms with E-state index in [1.165, 1.54) is 31.2 Å². The number of hydrogen-bond donors (Lipinski definition) is 0. The summed E-state index contributed by atoms with van der Waals surface area (Å²) in [5.41, 5.74) is 2.41. The zero-order valence-electron chi connectivity index (χ0n) is 12.0. The number of hydrogen-bond acceptors (Lipinski definition) is 1. The van der Waals surface area contributed by atoms with Crippen LogP contribution in [0, 0.1) is 0 Å². The van der Waals surface area contributed by atoms with E-state index < -0.39 is 0 Å². The van der Waals surface area contributed by atoms with Gasteiger partial charge in [-0.05, 0) is 37.0 Å². The average molecular weight is 368 g/mol. The van der Waals surface area contributed by atoms with Crippen molar-refractivity contribution >= 4 is 27.5 Å². The first-order chi connectivity index (χ1) is 10.3. The van der Waals surface area contributed by atoms with Crippen LogP contribution in [0.5, 0.6) is 0 Å². The maximum absolute atomic E-state index is 6.20. The Morgan fingerprint density at radius 1 is 1.24 bits per heavy atom. The van der Waals surface area contributed by atoms with Gasteiger partial charge < -0.3 is 0 Å². The minimum absolute atomic E-state index is 0.300. The predicted octanol–water partition coefficient (Wildman–Crippen LogP) is 5.33. The molecule has 1 fully saturated rings. The van der Waals surface area contributed by atoms with Gasteiger partial charge in [-0.15, -0.1) is 11.6 Å². The van der Waals surface area contributed by atoms with E-state index in [0.29, 0.717) is 17.8 Å². The fourth-order valence-corrected chi connectivity index (χ4v) is 4.05. The number of alkyl halides is 1. The van der Waals surface area contributed by atoms with E-state index in [-0.39, 0.29) is 0 Å². The molecule has 1 aliphatic rings. The van der Waals surface area contributed by atoms with Gasteiger partial charge in [0.15, 0.2) is 0 Å². The second-order valence-corrected chi connectivity index (χ2v) is 6.97. The topological polar surface area (TPSA) is 17.8 Å². The summed E-state index contributed by atoms with van der Waals surface area (Å²) in [5, 5.41) is 4.78.